The van der Waals surface area contributed by atoms with Gasteiger partial charge in [0.15, 0.2) is 5.54 Å². The number of nitrogens with zero attached hydrogens (tertiary/aromatic N) is 3. The van der Waals surface area contributed by atoms with Gasteiger partial charge in [-0.05, 0) is 59.3 Å². The van der Waals surface area contributed by atoms with Gasteiger partial charge in [-0.3, -0.25) is 19.5 Å². The number of carbonyl (C=O) groups excluding carboxylic acids is 3. The second-order valence-electron chi connectivity index (χ2n) is 8.77. The van der Waals surface area contributed by atoms with E-state index in [4.69, 9.17) is 4.74 Å². The Hall–Kier alpha value is -3.72. The lowest BCUT2D eigenvalue weighted by molar-refractivity contribution is -0.134. The number of urea groups is 1. The van der Waals surface area contributed by atoms with E-state index in [1.807, 2.05) is 35.0 Å². The Morgan fingerprint density at radius 3 is 2.66 bits per heavy atom. The minimum Gasteiger partial charge on any atom is -0.496 e. The van der Waals surface area contributed by atoms with Crippen LogP contribution in [0.1, 0.15) is 34.3 Å². The van der Waals surface area contributed by atoms with E-state index < -0.39 is 11.6 Å². The van der Waals surface area contributed by atoms with Crippen LogP contribution >= 0.6 is 11.3 Å². The first-order valence-corrected chi connectivity index (χ1v) is 12.5. The number of pyridine rings is 1. The van der Waals surface area contributed by atoms with Crippen molar-refractivity contribution < 1.29 is 19.1 Å². The molecule has 1 aromatic carbocycles. The zero-order valence-electron chi connectivity index (χ0n) is 19.3. The summed E-state index contributed by atoms with van der Waals surface area (Å²) in [6, 6.07) is 12.3. The highest BCUT2D eigenvalue weighted by Gasteiger charge is 2.57. The molecular formula is C26H26N4O4S. The standard InChI is InChI=1S/C26H26N4O4S/c1-34-22-7-3-2-6-21(22)23(31)29-12-8-19(9-13-29)26(20-5-4-11-27-15-20)24(32)30(25(33)28-26)16-18-10-14-35-17-18/h2-7,10-11,14-15,17,19H,8-9,12-13,16H2,1H3,(H,28,33)/t26-/m1/s1. The van der Waals surface area contributed by atoms with Crippen molar-refractivity contribution >= 4 is 29.2 Å². The number of nitrogens with one attached hydrogen (secondary N) is 1. The number of amides is 4. The van der Waals surface area contributed by atoms with Gasteiger partial charge in [0, 0.05) is 31.0 Å². The second kappa shape index (κ2) is 9.50. The normalized spacial score (nSPS) is 20.7. The third-order valence-electron chi connectivity index (χ3n) is 6.90. The van der Waals surface area contributed by atoms with Gasteiger partial charge in [-0.1, -0.05) is 18.2 Å². The summed E-state index contributed by atoms with van der Waals surface area (Å²) < 4.78 is 5.36. The Kier molecular flexibility index (Phi) is 6.25. The molecule has 2 aliphatic heterocycles. The van der Waals surface area contributed by atoms with Crippen molar-refractivity contribution in [2.45, 2.75) is 24.9 Å². The molecule has 0 bridgehead atoms. The second-order valence-corrected chi connectivity index (χ2v) is 9.55. The molecule has 4 heterocycles. The molecule has 2 fully saturated rings. The topological polar surface area (TPSA) is 91.8 Å². The Morgan fingerprint density at radius 1 is 1.17 bits per heavy atom. The van der Waals surface area contributed by atoms with Gasteiger partial charge in [0.25, 0.3) is 11.8 Å². The number of piperidine rings is 1. The van der Waals surface area contributed by atoms with Crippen LogP contribution in [0.5, 0.6) is 5.75 Å². The third-order valence-corrected chi connectivity index (χ3v) is 7.63. The van der Waals surface area contributed by atoms with Gasteiger partial charge in [0.05, 0.1) is 19.2 Å². The molecule has 8 nitrogen and oxygen atoms in total. The number of rotatable bonds is 6. The van der Waals surface area contributed by atoms with Gasteiger partial charge in [0.1, 0.15) is 5.75 Å². The molecule has 2 saturated heterocycles. The van der Waals surface area contributed by atoms with Gasteiger partial charge in [-0.2, -0.15) is 11.3 Å². The van der Waals surface area contributed by atoms with E-state index in [1.165, 1.54) is 16.2 Å². The average molecular weight is 491 g/mol. The monoisotopic (exact) mass is 490 g/mol. The van der Waals surface area contributed by atoms with Crippen molar-refractivity contribution in [2.24, 2.45) is 5.92 Å². The third kappa shape index (κ3) is 4.05. The molecule has 180 valence electrons. The summed E-state index contributed by atoms with van der Waals surface area (Å²) in [5.74, 6) is -0.0143. The van der Waals surface area contributed by atoms with Crippen LogP contribution in [0.15, 0.2) is 65.6 Å². The summed E-state index contributed by atoms with van der Waals surface area (Å²) in [5.41, 5.74) is 0.891. The number of thiophene rings is 1. The molecule has 4 amide bonds. The van der Waals surface area contributed by atoms with E-state index in [-0.39, 0.29) is 24.3 Å². The fourth-order valence-corrected chi connectivity index (χ4v) is 5.77. The number of aromatic nitrogens is 1. The number of imide groups is 1. The molecule has 35 heavy (non-hydrogen) atoms. The van der Waals surface area contributed by atoms with E-state index in [9.17, 15) is 14.4 Å². The Morgan fingerprint density at radius 2 is 1.97 bits per heavy atom. The number of hydrogen-bond acceptors (Lipinski definition) is 6. The van der Waals surface area contributed by atoms with Crippen LogP contribution in [0, 0.1) is 5.92 Å². The van der Waals surface area contributed by atoms with Crippen molar-refractivity contribution in [3.8, 4) is 5.75 Å². The fraction of sp³-hybridized carbons (Fsp3) is 0.308. The lowest BCUT2D eigenvalue weighted by atomic mass is 9.73. The molecular weight excluding hydrogens is 464 g/mol. The molecule has 0 spiro atoms. The SMILES string of the molecule is COc1ccccc1C(=O)N1CCC([C@]2(c3cccnc3)NC(=O)N(Cc3ccsc3)C2=O)CC1. The van der Waals surface area contributed by atoms with Crippen LogP contribution in [0.2, 0.25) is 0 Å². The van der Waals surface area contributed by atoms with Crippen molar-refractivity contribution in [3.63, 3.8) is 0 Å². The van der Waals surface area contributed by atoms with E-state index in [2.05, 4.69) is 10.3 Å². The molecule has 1 N–H and O–H groups in total. The number of methoxy groups -OCH3 is 1. The molecule has 5 rings (SSSR count). The van der Waals surface area contributed by atoms with E-state index in [0.717, 1.165) is 5.56 Å². The van der Waals surface area contributed by atoms with Crippen LogP contribution in [-0.4, -0.2) is 52.8 Å². The van der Waals surface area contributed by atoms with Crippen molar-refractivity contribution in [2.75, 3.05) is 20.2 Å². The van der Waals surface area contributed by atoms with Crippen molar-refractivity contribution in [3.05, 3.63) is 82.3 Å². The predicted molar refractivity (Wildman–Crippen MR) is 131 cm³/mol. The zero-order chi connectivity index (χ0) is 24.4. The summed E-state index contributed by atoms with van der Waals surface area (Å²) in [7, 11) is 1.55. The molecule has 9 heteroatoms. The first-order chi connectivity index (χ1) is 17.0. The smallest absolute Gasteiger partial charge is 0.325 e. The lowest BCUT2D eigenvalue weighted by Gasteiger charge is -2.41. The van der Waals surface area contributed by atoms with E-state index >= 15 is 0 Å². The number of likely N-dealkylation sites (tertiary alicyclic amines) is 1. The number of carbonyl (C=O) groups is 3. The molecule has 0 saturated carbocycles. The Balaban J connectivity index is 1.40. The van der Waals surface area contributed by atoms with Crippen molar-refractivity contribution in [1.82, 2.24) is 20.1 Å². The summed E-state index contributed by atoms with van der Waals surface area (Å²) in [6.07, 6.45) is 4.43. The Bertz CT molecular complexity index is 1230. The largest absolute Gasteiger partial charge is 0.496 e. The number of ether oxygens (including phenoxy) is 1. The van der Waals surface area contributed by atoms with Crippen LogP contribution in [-0.2, 0) is 16.9 Å². The summed E-state index contributed by atoms with van der Waals surface area (Å²) in [6.45, 7) is 1.16. The predicted octanol–water partition coefficient (Wildman–Crippen LogP) is 3.65. The van der Waals surface area contributed by atoms with E-state index in [0.29, 0.717) is 42.8 Å². The minimum atomic E-state index is -1.21. The molecule has 0 aliphatic carbocycles. The first-order valence-electron chi connectivity index (χ1n) is 11.5. The lowest BCUT2D eigenvalue weighted by Crippen LogP contribution is -2.54. The first kappa shape index (κ1) is 23.0. The van der Waals surface area contributed by atoms with Gasteiger partial charge < -0.3 is 15.0 Å². The van der Waals surface area contributed by atoms with Crippen LogP contribution < -0.4 is 10.1 Å². The van der Waals surface area contributed by atoms with Crippen LogP contribution in [0.25, 0.3) is 0 Å². The maximum atomic E-state index is 13.9. The zero-order valence-corrected chi connectivity index (χ0v) is 20.2. The van der Waals surface area contributed by atoms with Gasteiger partial charge >= 0.3 is 6.03 Å². The number of hydrogen-bond donors (Lipinski definition) is 1. The highest BCUT2D eigenvalue weighted by Crippen LogP contribution is 2.42. The molecule has 2 aromatic heterocycles. The number of benzene rings is 1. The quantitative estimate of drug-likeness (QED) is 0.533. The maximum absolute atomic E-state index is 13.9. The van der Waals surface area contributed by atoms with E-state index in [1.54, 1.807) is 42.6 Å². The van der Waals surface area contributed by atoms with Crippen molar-refractivity contribution in [1.29, 1.82) is 0 Å². The molecule has 0 radical (unpaired) electrons. The maximum Gasteiger partial charge on any atom is 0.325 e. The fourth-order valence-electron chi connectivity index (χ4n) is 5.11. The highest BCUT2D eigenvalue weighted by atomic mass is 32.1. The van der Waals surface area contributed by atoms with Gasteiger partial charge in [-0.25, -0.2) is 4.79 Å². The summed E-state index contributed by atoms with van der Waals surface area (Å²) in [5, 5.41) is 6.90. The summed E-state index contributed by atoms with van der Waals surface area (Å²) in [4.78, 5) is 47.5. The molecule has 2 aliphatic rings. The highest BCUT2D eigenvalue weighted by molar-refractivity contribution is 7.07. The number of para-hydroxylation sites is 1. The van der Waals surface area contributed by atoms with Crippen LogP contribution in [0.3, 0.4) is 0 Å². The average Bonchev–Trinajstić information content (AvgIpc) is 3.51. The van der Waals surface area contributed by atoms with Gasteiger partial charge in [0.2, 0.25) is 0 Å². The minimum absolute atomic E-state index is 0.0998. The van der Waals surface area contributed by atoms with Gasteiger partial charge in [-0.15, -0.1) is 0 Å². The Labute approximate surface area is 207 Å². The molecule has 0 unspecified atom stereocenters. The summed E-state index contributed by atoms with van der Waals surface area (Å²) >= 11 is 1.53. The van der Waals surface area contributed by atoms with Crippen LogP contribution in [0.4, 0.5) is 4.79 Å². The molecule has 1 atom stereocenters. The molecule has 3 aromatic rings.